The van der Waals surface area contributed by atoms with Gasteiger partial charge in [-0.25, -0.2) is 0 Å². The van der Waals surface area contributed by atoms with Crippen molar-refractivity contribution < 1.29 is 0 Å². The van der Waals surface area contributed by atoms with Gasteiger partial charge in [0.2, 0.25) is 0 Å². The number of hydrogen-bond donors (Lipinski definition) is 0. The molecule has 0 fully saturated rings. The predicted octanol–water partition coefficient (Wildman–Crippen LogP) is 2.79. The van der Waals surface area contributed by atoms with E-state index in [-0.39, 0.29) is 0 Å². The summed E-state index contributed by atoms with van der Waals surface area (Å²) in [5.74, 6) is 0. The van der Waals surface area contributed by atoms with Crippen molar-refractivity contribution in [2.45, 2.75) is 12.8 Å². The molecule has 60 valence electrons. The summed E-state index contributed by atoms with van der Waals surface area (Å²) in [5, 5.41) is 8.42. The quantitative estimate of drug-likeness (QED) is 0.661. The van der Waals surface area contributed by atoms with Gasteiger partial charge in [0, 0.05) is 6.42 Å². The average molecular weight is 157 g/mol. The monoisotopic (exact) mass is 157 g/mol. The Hall–Kier alpha value is -1.55. The third kappa shape index (κ3) is 1.96. The van der Waals surface area contributed by atoms with E-state index >= 15 is 0 Å². The van der Waals surface area contributed by atoms with E-state index in [1.165, 1.54) is 5.56 Å². The molecular weight excluding hydrogens is 146 g/mol. The zero-order valence-corrected chi connectivity index (χ0v) is 6.96. The largest absolute Gasteiger partial charge is 0.198 e. The van der Waals surface area contributed by atoms with Gasteiger partial charge < -0.3 is 0 Å². The van der Waals surface area contributed by atoms with E-state index in [1.807, 2.05) is 30.3 Å². The molecule has 0 bridgehead atoms. The highest BCUT2D eigenvalue weighted by atomic mass is 14.2. The lowest BCUT2D eigenvalue weighted by atomic mass is 10.0. The molecule has 0 saturated heterocycles. The van der Waals surface area contributed by atoms with E-state index in [1.54, 1.807) is 0 Å². The van der Waals surface area contributed by atoms with Gasteiger partial charge in [-0.3, -0.25) is 0 Å². The van der Waals surface area contributed by atoms with Gasteiger partial charge in [-0.2, -0.15) is 5.26 Å². The zero-order chi connectivity index (χ0) is 8.81. The Balaban J connectivity index is 2.83. The average Bonchev–Trinajstić information content (AvgIpc) is 2.15. The van der Waals surface area contributed by atoms with Crippen molar-refractivity contribution in [1.82, 2.24) is 0 Å². The number of hydrogen-bond acceptors (Lipinski definition) is 1. The molecule has 0 unspecified atom stereocenters. The zero-order valence-electron chi connectivity index (χ0n) is 6.96. The first-order valence-electron chi connectivity index (χ1n) is 3.95. The second kappa shape index (κ2) is 4.35. The Labute approximate surface area is 73.0 Å². The van der Waals surface area contributed by atoms with Gasteiger partial charge in [-0.1, -0.05) is 36.9 Å². The van der Waals surface area contributed by atoms with Gasteiger partial charge in [0.05, 0.1) is 6.07 Å². The molecule has 0 aliphatic heterocycles. The molecule has 0 radical (unpaired) electrons. The Bertz CT molecular complexity index is 307. The molecule has 0 amide bonds. The van der Waals surface area contributed by atoms with Crippen LogP contribution >= 0.6 is 0 Å². The fraction of sp³-hybridized carbons (Fsp3) is 0.182. The van der Waals surface area contributed by atoms with E-state index in [9.17, 15) is 0 Å². The second-order valence-electron chi connectivity index (χ2n) is 2.56. The van der Waals surface area contributed by atoms with Crippen LogP contribution < -0.4 is 0 Å². The van der Waals surface area contributed by atoms with Crippen LogP contribution in [0, 0.1) is 11.3 Å². The first kappa shape index (κ1) is 8.55. The summed E-state index contributed by atoms with van der Waals surface area (Å²) in [7, 11) is 0. The van der Waals surface area contributed by atoms with Crippen LogP contribution in [0.2, 0.25) is 0 Å². The summed E-state index contributed by atoms with van der Waals surface area (Å²) in [5.41, 5.74) is 2.34. The molecule has 0 aliphatic carbocycles. The first-order chi connectivity index (χ1) is 5.88. The topological polar surface area (TPSA) is 23.8 Å². The lowest BCUT2D eigenvalue weighted by Gasteiger charge is -2.01. The lowest BCUT2D eigenvalue weighted by molar-refractivity contribution is 1.01. The summed E-state index contributed by atoms with van der Waals surface area (Å²) >= 11 is 0. The summed E-state index contributed by atoms with van der Waals surface area (Å²) in [4.78, 5) is 0. The fourth-order valence-electron chi connectivity index (χ4n) is 1.15. The minimum atomic E-state index is 0.574. The maximum atomic E-state index is 8.42. The molecule has 0 aliphatic rings. The van der Waals surface area contributed by atoms with E-state index in [2.05, 4.69) is 12.6 Å². The molecular formula is C11H11N. The van der Waals surface area contributed by atoms with Gasteiger partial charge in [0.25, 0.3) is 0 Å². The molecule has 0 atom stereocenters. The van der Waals surface area contributed by atoms with Crippen molar-refractivity contribution in [3.05, 3.63) is 42.0 Å². The van der Waals surface area contributed by atoms with Gasteiger partial charge >= 0.3 is 0 Å². The number of aryl methyl sites for hydroxylation is 1. The summed E-state index contributed by atoms with van der Waals surface area (Å²) in [6.45, 7) is 3.72. The van der Waals surface area contributed by atoms with Crippen LogP contribution in [0.15, 0.2) is 30.8 Å². The maximum absolute atomic E-state index is 8.42. The first-order valence-corrected chi connectivity index (χ1v) is 3.95. The van der Waals surface area contributed by atoms with Crippen LogP contribution in [-0.4, -0.2) is 0 Å². The van der Waals surface area contributed by atoms with Crippen molar-refractivity contribution >= 4 is 6.08 Å². The van der Waals surface area contributed by atoms with Gasteiger partial charge in [-0.15, -0.1) is 0 Å². The molecule has 12 heavy (non-hydrogen) atoms. The maximum Gasteiger partial charge on any atom is 0.0625 e. The van der Waals surface area contributed by atoms with Crippen molar-refractivity contribution in [2.24, 2.45) is 0 Å². The number of nitriles is 1. The Kier molecular flexibility index (Phi) is 3.10. The Morgan fingerprint density at radius 1 is 1.42 bits per heavy atom. The molecule has 0 aromatic heterocycles. The van der Waals surface area contributed by atoms with Gasteiger partial charge in [-0.05, 0) is 17.5 Å². The molecule has 0 spiro atoms. The SMILES string of the molecule is C=Cc1ccccc1CCC#N. The number of nitrogens with zero attached hydrogens (tertiary/aromatic N) is 1. The van der Waals surface area contributed by atoms with Crippen LogP contribution in [0.25, 0.3) is 6.08 Å². The number of rotatable bonds is 3. The molecule has 1 rings (SSSR count). The molecule has 0 heterocycles. The van der Waals surface area contributed by atoms with Crippen LogP contribution in [0.3, 0.4) is 0 Å². The highest BCUT2D eigenvalue weighted by Gasteiger charge is 1.96. The lowest BCUT2D eigenvalue weighted by Crippen LogP contribution is -1.87. The smallest absolute Gasteiger partial charge is 0.0625 e. The van der Waals surface area contributed by atoms with Crippen molar-refractivity contribution in [1.29, 1.82) is 5.26 Å². The van der Waals surface area contributed by atoms with E-state index in [0.717, 1.165) is 12.0 Å². The van der Waals surface area contributed by atoms with Crippen molar-refractivity contribution in [3.8, 4) is 6.07 Å². The van der Waals surface area contributed by atoms with E-state index in [0.29, 0.717) is 6.42 Å². The van der Waals surface area contributed by atoms with Crippen LogP contribution in [-0.2, 0) is 6.42 Å². The Morgan fingerprint density at radius 3 is 2.83 bits per heavy atom. The molecule has 1 aromatic rings. The van der Waals surface area contributed by atoms with Crippen LogP contribution in [0.1, 0.15) is 17.5 Å². The molecule has 0 saturated carbocycles. The van der Waals surface area contributed by atoms with Gasteiger partial charge in [0.1, 0.15) is 0 Å². The summed E-state index contributed by atoms with van der Waals surface area (Å²) < 4.78 is 0. The van der Waals surface area contributed by atoms with E-state index < -0.39 is 0 Å². The minimum absolute atomic E-state index is 0.574. The minimum Gasteiger partial charge on any atom is -0.198 e. The fourth-order valence-corrected chi connectivity index (χ4v) is 1.15. The highest BCUT2D eigenvalue weighted by molar-refractivity contribution is 5.51. The second-order valence-corrected chi connectivity index (χ2v) is 2.56. The van der Waals surface area contributed by atoms with Crippen molar-refractivity contribution in [3.63, 3.8) is 0 Å². The third-order valence-corrected chi connectivity index (χ3v) is 1.78. The summed E-state index contributed by atoms with van der Waals surface area (Å²) in [6, 6.07) is 10.1. The van der Waals surface area contributed by atoms with Gasteiger partial charge in [0.15, 0.2) is 0 Å². The Morgan fingerprint density at radius 2 is 2.17 bits per heavy atom. The van der Waals surface area contributed by atoms with Crippen LogP contribution in [0.5, 0.6) is 0 Å². The summed E-state index contributed by atoms with van der Waals surface area (Å²) in [6.07, 6.45) is 3.22. The predicted molar refractivity (Wildman–Crippen MR) is 50.5 cm³/mol. The van der Waals surface area contributed by atoms with E-state index in [4.69, 9.17) is 5.26 Å². The third-order valence-electron chi connectivity index (χ3n) is 1.78. The van der Waals surface area contributed by atoms with Crippen LogP contribution in [0.4, 0.5) is 0 Å². The number of benzene rings is 1. The highest BCUT2D eigenvalue weighted by Crippen LogP contribution is 2.11. The molecule has 0 N–H and O–H groups in total. The normalized spacial score (nSPS) is 8.92. The van der Waals surface area contributed by atoms with Crippen molar-refractivity contribution in [2.75, 3.05) is 0 Å². The standard InChI is InChI=1S/C11H11N/c1-2-10-6-3-4-7-11(10)8-5-9-12/h2-4,6-7H,1,5,8H2. The molecule has 1 nitrogen and oxygen atoms in total. The molecule has 1 aromatic carbocycles. The molecule has 1 heteroatoms.